The lowest BCUT2D eigenvalue weighted by atomic mass is 10.1. The molecular formula is C13H15N5O. The molecule has 6 nitrogen and oxygen atoms in total. The first kappa shape index (κ1) is 13.0. The molecule has 0 radical (unpaired) electrons. The first-order valence-electron chi connectivity index (χ1n) is 5.85. The lowest BCUT2D eigenvalue weighted by molar-refractivity contribution is 0.262. The third kappa shape index (κ3) is 3.75. The standard InChI is InChI=1S/C13H15N5O/c1-9(14)10-3-2-4-11(7-10)17-13(19)18-12-8-15-5-6-16-12/h2-9H,14H2,1H3,(H2,16,17,18,19). The molecule has 0 saturated carbocycles. The first-order valence-corrected chi connectivity index (χ1v) is 5.85. The average Bonchev–Trinajstić information content (AvgIpc) is 2.40. The third-order valence-corrected chi connectivity index (χ3v) is 2.48. The Morgan fingerprint density at radius 2 is 2.16 bits per heavy atom. The molecule has 0 spiro atoms. The predicted molar refractivity (Wildman–Crippen MR) is 73.7 cm³/mol. The normalized spacial score (nSPS) is 11.7. The highest BCUT2D eigenvalue weighted by molar-refractivity contribution is 5.99. The number of nitrogens with two attached hydrogens (primary N) is 1. The van der Waals surface area contributed by atoms with Crippen molar-refractivity contribution in [2.45, 2.75) is 13.0 Å². The highest BCUT2D eigenvalue weighted by Crippen LogP contribution is 2.15. The van der Waals surface area contributed by atoms with Gasteiger partial charge in [-0.1, -0.05) is 12.1 Å². The van der Waals surface area contributed by atoms with Gasteiger partial charge in [-0.05, 0) is 24.6 Å². The quantitative estimate of drug-likeness (QED) is 0.785. The molecule has 0 aliphatic rings. The van der Waals surface area contributed by atoms with Crippen molar-refractivity contribution in [2.24, 2.45) is 5.73 Å². The van der Waals surface area contributed by atoms with E-state index in [9.17, 15) is 4.79 Å². The highest BCUT2D eigenvalue weighted by atomic mass is 16.2. The maximum absolute atomic E-state index is 11.7. The molecule has 98 valence electrons. The number of hydrogen-bond acceptors (Lipinski definition) is 4. The van der Waals surface area contributed by atoms with Crippen LogP contribution in [0.2, 0.25) is 0 Å². The number of nitrogens with one attached hydrogen (secondary N) is 2. The van der Waals surface area contributed by atoms with Crippen LogP contribution in [-0.2, 0) is 0 Å². The van der Waals surface area contributed by atoms with Gasteiger partial charge in [-0.3, -0.25) is 10.3 Å². The molecule has 2 aromatic rings. The van der Waals surface area contributed by atoms with Gasteiger partial charge in [0, 0.05) is 24.1 Å². The van der Waals surface area contributed by atoms with E-state index < -0.39 is 0 Å². The summed E-state index contributed by atoms with van der Waals surface area (Å²) in [6, 6.07) is 6.93. The predicted octanol–water partition coefficient (Wildman–Crippen LogP) is 2.14. The second-order valence-corrected chi connectivity index (χ2v) is 4.08. The van der Waals surface area contributed by atoms with Crippen molar-refractivity contribution in [3.63, 3.8) is 0 Å². The lowest BCUT2D eigenvalue weighted by Gasteiger charge is -2.10. The van der Waals surface area contributed by atoms with E-state index >= 15 is 0 Å². The molecule has 1 atom stereocenters. The topological polar surface area (TPSA) is 92.9 Å². The zero-order valence-electron chi connectivity index (χ0n) is 10.5. The first-order chi connectivity index (χ1) is 9.15. The van der Waals surface area contributed by atoms with Crippen molar-refractivity contribution in [2.75, 3.05) is 10.6 Å². The molecule has 0 saturated heterocycles. The fourth-order valence-corrected chi connectivity index (χ4v) is 1.54. The molecule has 2 amide bonds. The number of anilines is 2. The summed E-state index contributed by atoms with van der Waals surface area (Å²) >= 11 is 0. The summed E-state index contributed by atoms with van der Waals surface area (Å²) in [5.74, 6) is 0.392. The number of benzene rings is 1. The van der Waals surface area contributed by atoms with Gasteiger partial charge in [0.05, 0.1) is 6.20 Å². The summed E-state index contributed by atoms with van der Waals surface area (Å²) < 4.78 is 0. The Morgan fingerprint density at radius 1 is 1.32 bits per heavy atom. The second kappa shape index (κ2) is 5.92. The smallest absolute Gasteiger partial charge is 0.324 e. The van der Waals surface area contributed by atoms with Crippen molar-refractivity contribution in [1.29, 1.82) is 0 Å². The van der Waals surface area contributed by atoms with Gasteiger partial charge < -0.3 is 11.1 Å². The van der Waals surface area contributed by atoms with Gasteiger partial charge in [-0.15, -0.1) is 0 Å². The van der Waals surface area contributed by atoms with Gasteiger partial charge >= 0.3 is 6.03 Å². The Labute approximate surface area is 111 Å². The number of hydrogen-bond donors (Lipinski definition) is 3. The third-order valence-electron chi connectivity index (χ3n) is 2.48. The van der Waals surface area contributed by atoms with Gasteiger partial charge in [-0.2, -0.15) is 0 Å². The zero-order valence-corrected chi connectivity index (χ0v) is 10.5. The van der Waals surface area contributed by atoms with Crippen LogP contribution < -0.4 is 16.4 Å². The van der Waals surface area contributed by atoms with Crippen LogP contribution in [0.3, 0.4) is 0 Å². The van der Waals surface area contributed by atoms with Crippen molar-refractivity contribution in [3.05, 3.63) is 48.4 Å². The fourth-order valence-electron chi connectivity index (χ4n) is 1.54. The average molecular weight is 257 g/mol. The zero-order chi connectivity index (χ0) is 13.7. The van der Waals surface area contributed by atoms with Crippen LogP contribution in [-0.4, -0.2) is 16.0 Å². The number of carbonyl (C=O) groups excluding carboxylic acids is 1. The number of rotatable bonds is 3. The summed E-state index contributed by atoms with van der Waals surface area (Å²) in [5, 5.41) is 5.30. The van der Waals surface area contributed by atoms with E-state index in [1.165, 1.54) is 18.6 Å². The molecule has 1 unspecified atom stereocenters. The van der Waals surface area contributed by atoms with E-state index in [1.54, 1.807) is 6.07 Å². The van der Waals surface area contributed by atoms with Crippen LogP contribution in [0.1, 0.15) is 18.5 Å². The molecule has 0 aliphatic heterocycles. The Morgan fingerprint density at radius 3 is 2.84 bits per heavy atom. The Kier molecular flexibility index (Phi) is 4.04. The van der Waals surface area contributed by atoms with Gasteiger partial charge in [0.15, 0.2) is 5.82 Å². The minimum Gasteiger partial charge on any atom is -0.324 e. The van der Waals surface area contributed by atoms with Crippen LogP contribution in [0.4, 0.5) is 16.3 Å². The van der Waals surface area contributed by atoms with Crippen LogP contribution in [0.15, 0.2) is 42.9 Å². The molecule has 4 N–H and O–H groups in total. The number of nitrogens with zero attached hydrogens (tertiary/aromatic N) is 2. The van der Waals surface area contributed by atoms with E-state index in [1.807, 2.05) is 25.1 Å². The molecular weight excluding hydrogens is 242 g/mol. The summed E-state index contributed by atoms with van der Waals surface area (Å²) in [7, 11) is 0. The Bertz CT molecular complexity index is 556. The Balaban J connectivity index is 2.01. The Hall–Kier alpha value is -2.47. The number of amides is 2. The molecule has 0 aliphatic carbocycles. The van der Waals surface area contributed by atoms with Gasteiger partial charge in [0.2, 0.25) is 0 Å². The van der Waals surface area contributed by atoms with Gasteiger partial charge in [0.25, 0.3) is 0 Å². The van der Waals surface area contributed by atoms with E-state index in [0.717, 1.165) is 5.56 Å². The molecule has 2 rings (SSSR count). The molecule has 19 heavy (non-hydrogen) atoms. The maximum Gasteiger partial charge on any atom is 0.324 e. The molecule has 0 fully saturated rings. The summed E-state index contributed by atoms with van der Waals surface area (Å²) in [6.45, 7) is 1.89. The van der Waals surface area contributed by atoms with Crippen molar-refractivity contribution >= 4 is 17.5 Å². The maximum atomic E-state index is 11.7. The van der Waals surface area contributed by atoms with Gasteiger partial charge in [0.1, 0.15) is 0 Å². The van der Waals surface area contributed by atoms with E-state index in [2.05, 4.69) is 20.6 Å². The fraction of sp³-hybridized carbons (Fsp3) is 0.154. The SMILES string of the molecule is CC(N)c1cccc(NC(=O)Nc2cnccn2)c1. The number of aromatic nitrogens is 2. The van der Waals surface area contributed by atoms with Crippen LogP contribution in [0.25, 0.3) is 0 Å². The van der Waals surface area contributed by atoms with E-state index in [-0.39, 0.29) is 12.1 Å². The molecule has 1 heterocycles. The van der Waals surface area contributed by atoms with Crippen LogP contribution in [0, 0.1) is 0 Å². The molecule has 1 aromatic carbocycles. The van der Waals surface area contributed by atoms with Gasteiger partial charge in [-0.25, -0.2) is 9.78 Å². The minimum absolute atomic E-state index is 0.0789. The molecule has 6 heteroatoms. The van der Waals surface area contributed by atoms with Crippen LogP contribution >= 0.6 is 0 Å². The lowest BCUT2D eigenvalue weighted by Crippen LogP contribution is -2.20. The largest absolute Gasteiger partial charge is 0.324 e. The second-order valence-electron chi connectivity index (χ2n) is 4.08. The van der Waals surface area contributed by atoms with Crippen molar-refractivity contribution in [1.82, 2.24) is 9.97 Å². The van der Waals surface area contributed by atoms with Crippen molar-refractivity contribution in [3.8, 4) is 0 Å². The van der Waals surface area contributed by atoms with E-state index in [4.69, 9.17) is 5.73 Å². The molecule has 0 bridgehead atoms. The summed E-state index contributed by atoms with van der Waals surface area (Å²) in [6.07, 6.45) is 4.51. The highest BCUT2D eigenvalue weighted by Gasteiger charge is 2.05. The summed E-state index contributed by atoms with van der Waals surface area (Å²) in [4.78, 5) is 19.6. The van der Waals surface area contributed by atoms with Crippen molar-refractivity contribution < 1.29 is 4.79 Å². The van der Waals surface area contributed by atoms with E-state index in [0.29, 0.717) is 11.5 Å². The molecule has 1 aromatic heterocycles. The number of carbonyl (C=O) groups is 1. The number of urea groups is 1. The minimum atomic E-state index is -0.373. The van der Waals surface area contributed by atoms with Crippen LogP contribution in [0.5, 0.6) is 0 Å². The monoisotopic (exact) mass is 257 g/mol. The summed E-state index contributed by atoms with van der Waals surface area (Å²) in [5.41, 5.74) is 7.42.